The Morgan fingerprint density at radius 2 is 2.30 bits per heavy atom. The average molecular weight is 317 g/mol. The summed E-state index contributed by atoms with van der Waals surface area (Å²) in [6.45, 7) is 1.46. The number of thiophene rings is 1. The molecule has 2 N–H and O–H groups in total. The summed E-state index contributed by atoms with van der Waals surface area (Å²) < 4.78 is 26.4. The minimum atomic E-state index is -3.55. The molecular weight excluding hydrogens is 298 g/mol. The quantitative estimate of drug-likeness (QED) is 0.860. The molecule has 8 heteroatoms. The van der Waals surface area contributed by atoms with Gasteiger partial charge in [-0.15, -0.1) is 11.3 Å². The number of carbonyl (C=O) groups is 1. The van der Waals surface area contributed by atoms with Gasteiger partial charge in [-0.2, -0.15) is 4.31 Å². The summed E-state index contributed by atoms with van der Waals surface area (Å²) in [6, 6.07) is 1.60. The largest absolute Gasteiger partial charge is 0.366 e. The number of likely N-dealkylation sites (tertiary alicyclic amines) is 1. The molecule has 1 atom stereocenters. The predicted molar refractivity (Wildman–Crippen MR) is 78.3 cm³/mol. The van der Waals surface area contributed by atoms with Crippen molar-refractivity contribution in [2.75, 3.05) is 27.2 Å². The zero-order valence-corrected chi connectivity index (χ0v) is 13.2. The molecule has 112 valence electrons. The van der Waals surface area contributed by atoms with Gasteiger partial charge in [-0.05, 0) is 32.5 Å². The Hall–Kier alpha value is -0.960. The second-order valence-corrected chi connectivity index (χ2v) is 8.26. The molecule has 1 amide bonds. The van der Waals surface area contributed by atoms with E-state index in [1.807, 2.05) is 7.05 Å². The number of nitrogens with two attached hydrogens (primary N) is 1. The summed E-state index contributed by atoms with van der Waals surface area (Å²) >= 11 is 1.03. The van der Waals surface area contributed by atoms with Crippen molar-refractivity contribution in [3.05, 3.63) is 17.0 Å². The van der Waals surface area contributed by atoms with E-state index in [0.717, 1.165) is 30.7 Å². The van der Waals surface area contributed by atoms with Gasteiger partial charge in [-0.25, -0.2) is 8.42 Å². The first-order valence-corrected chi connectivity index (χ1v) is 8.69. The normalized spacial score (nSPS) is 20.6. The maximum absolute atomic E-state index is 12.4. The molecule has 0 aliphatic carbocycles. The van der Waals surface area contributed by atoms with Crippen LogP contribution in [0.4, 0.5) is 0 Å². The van der Waals surface area contributed by atoms with Gasteiger partial charge in [0.25, 0.3) is 10.0 Å². The van der Waals surface area contributed by atoms with Crippen LogP contribution in [0.1, 0.15) is 23.2 Å². The van der Waals surface area contributed by atoms with Gasteiger partial charge in [0.15, 0.2) is 0 Å². The molecular formula is C12H19N3O3S2. The lowest BCUT2D eigenvalue weighted by Crippen LogP contribution is -2.39. The Kier molecular flexibility index (Phi) is 4.48. The van der Waals surface area contributed by atoms with Crippen LogP contribution in [-0.4, -0.2) is 56.8 Å². The van der Waals surface area contributed by atoms with Crippen LogP contribution in [0.5, 0.6) is 0 Å². The molecule has 2 rings (SSSR count). The number of likely N-dealkylation sites (N-methyl/N-ethyl adjacent to an activating group) is 2. The van der Waals surface area contributed by atoms with Crippen molar-refractivity contribution >= 4 is 27.3 Å². The van der Waals surface area contributed by atoms with Crippen LogP contribution in [-0.2, 0) is 10.0 Å². The minimum Gasteiger partial charge on any atom is -0.366 e. The summed E-state index contributed by atoms with van der Waals surface area (Å²) in [7, 11) is 0.0378. The van der Waals surface area contributed by atoms with E-state index in [2.05, 4.69) is 4.90 Å². The SMILES string of the molecule is CN1CCCC1CN(C)S(=O)(=O)c1cc(C(N)=O)cs1. The fourth-order valence-corrected chi connectivity index (χ4v) is 4.93. The third-order valence-corrected chi connectivity index (χ3v) is 6.90. The molecule has 20 heavy (non-hydrogen) atoms. The lowest BCUT2D eigenvalue weighted by molar-refractivity contribution is 0.100. The van der Waals surface area contributed by atoms with Crippen LogP contribution in [0.2, 0.25) is 0 Å². The Morgan fingerprint density at radius 3 is 2.80 bits per heavy atom. The van der Waals surface area contributed by atoms with Gasteiger partial charge in [-0.1, -0.05) is 0 Å². The Labute approximate surface area is 123 Å². The van der Waals surface area contributed by atoms with E-state index in [9.17, 15) is 13.2 Å². The maximum Gasteiger partial charge on any atom is 0.252 e. The van der Waals surface area contributed by atoms with Gasteiger partial charge in [0.2, 0.25) is 5.91 Å². The highest BCUT2D eigenvalue weighted by Crippen LogP contribution is 2.24. The van der Waals surface area contributed by atoms with Gasteiger partial charge < -0.3 is 10.6 Å². The first-order valence-electron chi connectivity index (χ1n) is 6.37. The number of primary amides is 1. The molecule has 1 aliphatic heterocycles. The van der Waals surface area contributed by atoms with Gasteiger partial charge in [0.1, 0.15) is 4.21 Å². The number of hydrogen-bond donors (Lipinski definition) is 1. The molecule has 1 aromatic heterocycles. The summed E-state index contributed by atoms with van der Waals surface area (Å²) in [5, 5.41) is 1.48. The topological polar surface area (TPSA) is 83.7 Å². The molecule has 0 spiro atoms. The van der Waals surface area contributed by atoms with Crippen LogP contribution >= 0.6 is 11.3 Å². The van der Waals surface area contributed by atoms with Crippen molar-refractivity contribution in [2.45, 2.75) is 23.1 Å². The van der Waals surface area contributed by atoms with Crippen LogP contribution in [0, 0.1) is 0 Å². The number of carbonyl (C=O) groups excluding carboxylic acids is 1. The molecule has 1 fully saturated rings. The van der Waals surface area contributed by atoms with E-state index in [1.165, 1.54) is 15.8 Å². The lowest BCUT2D eigenvalue weighted by Gasteiger charge is -2.24. The van der Waals surface area contributed by atoms with E-state index in [1.54, 1.807) is 7.05 Å². The fraction of sp³-hybridized carbons (Fsp3) is 0.583. The number of amides is 1. The molecule has 1 saturated heterocycles. The first-order chi connectivity index (χ1) is 9.32. The van der Waals surface area contributed by atoms with Crippen molar-refractivity contribution < 1.29 is 13.2 Å². The molecule has 1 aromatic rings. The summed E-state index contributed by atoms with van der Waals surface area (Å²) in [6.07, 6.45) is 2.10. The van der Waals surface area contributed by atoms with Crippen LogP contribution < -0.4 is 5.73 Å². The monoisotopic (exact) mass is 317 g/mol. The zero-order valence-electron chi connectivity index (χ0n) is 11.6. The molecule has 0 saturated carbocycles. The molecule has 1 unspecified atom stereocenters. The predicted octanol–water partition coefficient (Wildman–Crippen LogP) is 0.562. The van der Waals surface area contributed by atoms with Gasteiger partial charge in [0, 0.05) is 25.0 Å². The highest BCUT2D eigenvalue weighted by Gasteiger charge is 2.29. The standard InChI is InChI=1S/C12H19N3O3S2/c1-14-5-3-4-10(14)7-15(2)20(17,18)11-6-9(8-19-11)12(13)16/h6,8,10H,3-5,7H2,1-2H3,(H2,13,16). The summed E-state index contributed by atoms with van der Waals surface area (Å²) in [5.41, 5.74) is 5.39. The lowest BCUT2D eigenvalue weighted by atomic mass is 10.2. The van der Waals surface area contributed by atoms with Gasteiger partial charge in [0.05, 0.1) is 5.56 Å². The van der Waals surface area contributed by atoms with Crippen molar-refractivity contribution in [1.29, 1.82) is 0 Å². The smallest absolute Gasteiger partial charge is 0.252 e. The fourth-order valence-electron chi connectivity index (χ4n) is 2.34. The van der Waals surface area contributed by atoms with E-state index in [-0.39, 0.29) is 15.8 Å². The van der Waals surface area contributed by atoms with Crippen molar-refractivity contribution in [3.8, 4) is 0 Å². The van der Waals surface area contributed by atoms with Crippen LogP contribution in [0.25, 0.3) is 0 Å². The number of nitrogens with zero attached hydrogens (tertiary/aromatic N) is 2. The molecule has 1 aliphatic rings. The van der Waals surface area contributed by atoms with Crippen molar-refractivity contribution in [3.63, 3.8) is 0 Å². The van der Waals surface area contributed by atoms with E-state index >= 15 is 0 Å². The van der Waals surface area contributed by atoms with Gasteiger partial charge >= 0.3 is 0 Å². The maximum atomic E-state index is 12.4. The molecule has 0 bridgehead atoms. The first kappa shape index (κ1) is 15.4. The third kappa shape index (κ3) is 3.03. The van der Waals surface area contributed by atoms with Gasteiger partial charge in [-0.3, -0.25) is 4.79 Å². The minimum absolute atomic E-state index is 0.162. The number of hydrogen-bond acceptors (Lipinski definition) is 5. The van der Waals surface area contributed by atoms with E-state index < -0.39 is 15.9 Å². The second kappa shape index (κ2) is 5.80. The third-order valence-electron chi connectivity index (χ3n) is 3.66. The number of rotatable bonds is 5. The Morgan fingerprint density at radius 1 is 1.60 bits per heavy atom. The van der Waals surface area contributed by atoms with E-state index in [4.69, 9.17) is 5.73 Å². The van der Waals surface area contributed by atoms with Crippen LogP contribution in [0.3, 0.4) is 0 Å². The average Bonchev–Trinajstić information content (AvgIpc) is 2.99. The van der Waals surface area contributed by atoms with Crippen molar-refractivity contribution in [2.24, 2.45) is 5.73 Å². The van der Waals surface area contributed by atoms with Crippen LogP contribution in [0.15, 0.2) is 15.7 Å². The summed E-state index contributed by atoms with van der Waals surface area (Å²) in [5.74, 6) is -0.610. The van der Waals surface area contributed by atoms with E-state index in [0.29, 0.717) is 6.54 Å². The zero-order chi connectivity index (χ0) is 14.9. The van der Waals surface area contributed by atoms with Crippen molar-refractivity contribution in [1.82, 2.24) is 9.21 Å². The number of sulfonamides is 1. The highest BCUT2D eigenvalue weighted by atomic mass is 32.2. The molecule has 0 radical (unpaired) electrons. The highest BCUT2D eigenvalue weighted by molar-refractivity contribution is 7.91. The Balaban J connectivity index is 2.14. The molecule has 6 nitrogen and oxygen atoms in total. The molecule has 0 aromatic carbocycles. The summed E-state index contributed by atoms with van der Waals surface area (Å²) in [4.78, 5) is 13.2. The second-order valence-electron chi connectivity index (χ2n) is 5.08. The Bertz CT molecular complexity index is 597. The molecule has 2 heterocycles.